The first-order valence-corrected chi connectivity index (χ1v) is 7.04. The smallest absolute Gasteiger partial charge is 0.131 e. The lowest BCUT2D eigenvalue weighted by molar-refractivity contribution is 0.0990. The second kappa shape index (κ2) is 6.48. The van der Waals surface area contributed by atoms with Gasteiger partial charge < -0.3 is 9.84 Å². The van der Waals surface area contributed by atoms with Crippen molar-refractivity contribution in [2.24, 2.45) is 0 Å². The predicted octanol–water partition coefficient (Wildman–Crippen LogP) is 3.88. The van der Waals surface area contributed by atoms with E-state index in [0.717, 1.165) is 0 Å². The van der Waals surface area contributed by atoms with Gasteiger partial charge in [0.15, 0.2) is 0 Å². The summed E-state index contributed by atoms with van der Waals surface area (Å²) in [4.78, 5) is 0. The van der Waals surface area contributed by atoms with Crippen LogP contribution in [0, 0.1) is 0 Å². The third-order valence-corrected chi connectivity index (χ3v) is 3.36. The zero-order chi connectivity index (χ0) is 14.7. The molecule has 0 aliphatic rings. The van der Waals surface area contributed by atoms with Crippen LogP contribution in [0.15, 0.2) is 30.5 Å². The Morgan fingerprint density at radius 1 is 1.25 bits per heavy atom. The van der Waals surface area contributed by atoms with Crippen LogP contribution < -0.4 is 4.74 Å². The number of rotatable bonds is 5. The van der Waals surface area contributed by atoms with Crippen molar-refractivity contribution in [3.05, 3.63) is 46.2 Å². The molecule has 1 N–H and O–H groups in total. The van der Waals surface area contributed by atoms with Gasteiger partial charge in [-0.2, -0.15) is 5.10 Å². The van der Waals surface area contributed by atoms with Crippen molar-refractivity contribution in [1.29, 1.82) is 0 Å². The second-order valence-corrected chi connectivity index (χ2v) is 5.54. The maximum absolute atomic E-state index is 10.2. The fourth-order valence-corrected chi connectivity index (χ4v) is 2.24. The van der Waals surface area contributed by atoms with Gasteiger partial charge in [0.25, 0.3) is 0 Å². The fraction of sp³-hybridized carbons (Fsp3) is 0.357. The Bertz CT molecular complexity index is 567. The molecule has 0 saturated heterocycles. The van der Waals surface area contributed by atoms with Crippen LogP contribution in [-0.2, 0) is 0 Å². The average molecular weight is 315 g/mol. The molecule has 2 rings (SSSR count). The highest BCUT2D eigenvalue weighted by molar-refractivity contribution is 6.31. The van der Waals surface area contributed by atoms with Gasteiger partial charge in [-0.05, 0) is 38.1 Å². The van der Waals surface area contributed by atoms with Crippen molar-refractivity contribution < 1.29 is 9.84 Å². The molecule has 1 aromatic carbocycles. The van der Waals surface area contributed by atoms with Crippen LogP contribution in [0.2, 0.25) is 10.0 Å². The van der Waals surface area contributed by atoms with E-state index in [1.165, 1.54) is 6.20 Å². The van der Waals surface area contributed by atoms with Crippen LogP contribution in [0.1, 0.15) is 31.7 Å². The Kier molecular flexibility index (Phi) is 4.91. The molecule has 0 aliphatic carbocycles. The molecule has 0 amide bonds. The lowest BCUT2D eigenvalue weighted by atomic mass is 10.2. The van der Waals surface area contributed by atoms with Crippen LogP contribution in [0.25, 0.3) is 0 Å². The number of hydrogen-bond donors (Lipinski definition) is 1. The molecule has 1 aromatic heterocycles. The number of aliphatic hydroxyl groups excluding tert-OH is 1. The molecule has 0 fully saturated rings. The van der Waals surface area contributed by atoms with Crippen molar-refractivity contribution in [3.8, 4) is 5.75 Å². The van der Waals surface area contributed by atoms with E-state index in [-0.39, 0.29) is 12.6 Å². The summed E-state index contributed by atoms with van der Waals surface area (Å²) in [6, 6.07) is 7.07. The van der Waals surface area contributed by atoms with Crippen LogP contribution >= 0.6 is 23.2 Å². The molecule has 1 heterocycles. The molecule has 0 aliphatic heterocycles. The molecule has 1 unspecified atom stereocenters. The fourth-order valence-electron chi connectivity index (χ4n) is 1.86. The molecular weight excluding hydrogens is 299 g/mol. The van der Waals surface area contributed by atoms with Crippen molar-refractivity contribution in [2.45, 2.75) is 26.0 Å². The minimum absolute atomic E-state index is 0.0970. The molecule has 4 nitrogen and oxygen atoms in total. The third-order valence-electron chi connectivity index (χ3n) is 2.81. The van der Waals surface area contributed by atoms with Crippen LogP contribution in [0.5, 0.6) is 5.75 Å². The van der Waals surface area contributed by atoms with Crippen molar-refractivity contribution in [3.63, 3.8) is 0 Å². The molecule has 20 heavy (non-hydrogen) atoms. The standard InChI is InChI=1S/C14H16Cl2N2O2/c1-9(2)18-14(12(16)7-17-18)13(19)8-20-11-5-3-10(15)4-6-11/h3-7,9,13,19H,8H2,1-2H3. The first kappa shape index (κ1) is 15.2. The normalized spacial score (nSPS) is 12.7. The van der Waals surface area contributed by atoms with Crippen LogP contribution in [0.3, 0.4) is 0 Å². The third kappa shape index (κ3) is 3.45. The quantitative estimate of drug-likeness (QED) is 0.911. The maximum Gasteiger partial charge on any atom is 0.131 e. The number of aliphatic hydroxyl groups is 1. The largest absolute Gasteiger partial charge is 0.490 e. The Hall–Kier alpha value is -1.23. The summed E-state index contributed by atoms with van der Waals surface area (Å²) in [7, 11) is 0. The summed E-state index contributed by atoms with van der Waals surface area (Å²) in [5.41, 5.74) is 0.565. The lowest BCUT2D eigenvalue weighted by Gasteiger charge is -2.17. The number of benzene rings is 1. The van der Waals surface area contributed by atoms with Gasteiger partial charge in [-0.15, -0.1) is 0 Å². The Morgan fingerprint density at radius 2 is 1.90 bits per heavy atom. The van der Waals surface area contributed by atoms with E-state index in [2.05, 4.69) is 5.10 Å². The summed E-state index contributed by atoms with van der Waals surface area (Å²) in [5, 5.41) is 15.5. The van der Waals surface area contributed by atoms with Crippen molar-refractivity contribution in [2.75, 3.05) is 6.61 Å². The maximum atomic E-state index is 10.2. The minimum Gasteiger partial charge on any atom is -0.490 e. The van der Waals surface area contributed by atoms with Crippen molar-refractivity contribution >= 4 is 23.2 Å². The number of nitrogens with zero attached hydrogens (tertiary/aromatic N) is 2. The van der Waals surface area contributed by atoms with Gasteiger partial charge in [0.1, 0.15) is 18.5 Å². The number of ether oxygens (including phenoxy) is 1. The van der Waals surface area contributed by atoms with Gasteiger partial charge in [0, 0.05) is 11.1 Å². The van der Waals surface area contributed by atoms with Gasteiger partial charge in [0.2, 0.25) is 0 Å². The zero-order valence-corrected chi connectivity index (χ0v) is 12.8. The van der Waals surface area contributed by atoms with E-state index in [0.29, 0.717) is 21.5 Å². The minimum atomic E-state index is -0.844. The van der Waals surface area contributed by atoms with E-state index in [4.69, 9.17) is 27.9 Å². The molecular formula is C14H16Cl2N2O2. The number of aromatic nitrogens is 2. The first-order valence-electron chi connectivity index (χ1n) is 6.28. The molecule has 6 heteroatoms. The molecule has 108 valence electrons. The molecule has 0 radical (unpaired) electrons. The van der Waals surface area contributed by atoms with Gasteiger partial charge in [-0.3, -0.25) is 4.68 Å². The summed E-state index contributed by atoms with van der Waals surface area (Å²) in [6.07, 6.45) is 0.686. The predicted molar refractivity (Wildman–Crippen MR) is 79.5 cm³/mol. The van der Waals surface area contributed by atoms with E-state index in [1.54, 1.807) is 28.9 Å². The van der Waals surface area contributed by atoms with E-state index in [9.17, 15) is 5.11 Å². The summed E-state index contributed by atoms with van der Waals surface area (Å²) >= 11 is 11.9. The molecule has 2 aromatic rings. The summed E-state index contributed by atoms with van der Waals surface area (Å²) in [6.45, 7) is 4.04. The highest BCUT2D eigenvalue weighted by Crippen LogP contribution is 2.26. The highest BCUT2D eigenvalue weighted by atomic mass is 35.5. The average Bonchev–Trinajstić information content (AvgIpc) is 2.80. The monoisotopic (exact) mass is 314 g/mol. The van der Waals surface area contributed by atoms with Gasteiger partial charge >= 0.3 is 0 Å². The molecule has 0 saturated carbocycles. The lowest BCUT2D eigenvalue weighted by Crippen LogP contribution is -2.17. The topological polar surface area (TPSA) is 47.3 Å². The Morgan fingerprint density at radius 3 is 2.50 bits per heavy atom. The van der Waals surface area contributed by atoms with E-state index < -0.39 is 6.10 Å². The van der Waals surface area contributed by atoms with Crippen LogP contribution in [0.4, 0.5) is 0 Å². The van der Waals surface area contributed by atoms with E-state index >= 15 is 0 Å². The zero-order valence-electron chi connectivity index (χ0n) is 11.3. The second-order valence-electron chi connectivity index (χ2n) is 4.70. The Balaban J connectivity index is 2.07. The number of halogens is 2. The van der Waals surface area contributed by atoms with Gasteiger partial charge in [-0.25, -0.2) is 0 Å². The molecule has 1 atom stereocenters. The molecule has 0 spiro atoms. The summed E-state index contributed by atoms with van der Waals surface area (Å²) < 4.78 is 7.22. The molecule has 0 bridgehead atoms. The van der Waals surface area contributed by atoms with Crippen molar-refractivity contribution in [1.82, 2.24) is 9.78 Å². The van der Waals surface area contributed by atoms with E-state index in [1.807, 2.05) is 13.8 Å². The Labute approximate surface area is 127 Å². The SMILES string of the molecule is CC(C)n1ncc(Cl)c1C(O)COc1ccc(Cl)cc1. The first-order chi connectivity index (χ1) is 9.49. The highest BCUT2D eigenvalue weighted by Gasteiger charge is 2.20. The van der Waals surface area contributed by atoms with Gasteiger partial charge in [0.05, 0.1) is 16.9 Å². The van der Waals surface area contributed by atoms with Gasteiger partial charge in [-0.1, -0.05) is 23.2 Å². The van der Waals surface area contributed by atoms with Crippen LogP contribution in [-0.4, -0.2) is 21.5 Å². The number of hydrogen-bond acceptors (Lipinski definition) is 3. The summed E-state index contributed by atoms with van der Waals surface area (Å²) in [5.74, 6) is 0.639.